The second-order valence-corrected chi connectivity index (χ2v) is 11.8. The zero-order valence-electron chi connectivity index (χ0n) is 18.2. The molecule has 0 bridgehead atoms. The van der Waals surface area contributed by atoms with Gasteiger partial charge in [0.1, 0.15) is 0 Å². The van der Waals surface area contributed by atoms with Crippen LogP contribution in [0.5, 0.6) is 0 Å². The number of nitrogens with zero attached hydrogens (tertiary/aromatic N) is 1. The first-order valence-electron chi connectivity index (χ1n) is 10.6. The van der Waals surface area contributed by atoms with E-state index in [0.29, 0.717) is 29.9 Å². The van der Waals surface area contributed by atoms with E-state index in [4.69, 9.17) is 0 Å². The molecule has 1 aliphatic heterocycles. The number of fused-ring (bicyclic) bond motifs is 1. The third kappa shape index (κ3) is 3.73. The number of sulfonamides is 1. The predicted octanol–water partition coefficient (Wildman–Crippen LogP) is 4.83. The SMILES string of the molecule is CC1(C)CCC(C)(C)c2cc(C(=O)Nc3cccc(N4CCCS4(=O)=O)c3)ccc21. The smallest absolute Gasteiger partial charge is 0.255 e. The van der Waals surface area contributed by atoms with Crippen LogP contribution in [-0.2, 0) is 20.9 Å². The highest BCUT2D eigenvalue weighted by molar-refractivity contribution is 7.93. The van der Waals surface area contributed by atoms with Gasteiger partial charge in [-0.25, -0.2) is 8.42 Å². The summed E-state index contributed by atoms with van der Waals surface area (Å²) in [6.45, 7) is 9.48. The summed E-state index contributed by atoms with van der Waals surface area (Å²) in [5, 5.41) is 2.94. The monoisotopic (exact) mass is 426 g/mol. The fraction of sp³-hybridized carbons (Fsp3) is 0.458. The second kappa shape index (κ2) is 7.12. The van der Waals surface area contributed by atoms with Crippen molar-refractivity contribution in [2.45, 2.75) is 57.8 Å². The Balaban J connectivity index is 1.60. The van der Waals surface area contributed by atoms with Gasteiger partial charge in [-0.1, -0.05) is 39.8 Å². The standard InChI is InChI=1S/C24H30N2O3S/c1-23(2)11-12-24(3,4)21-15-17(9-10-20(21)23)22(27)25-18-7-5-8-19(16-18)26-13-6-14-30(26,28)29/h5,7-10,15-16H,6,11-14H2,1-4H3,(H,25,27). The van der Waals surface area contributed by atoms with Gasteiger partial charge in [0.2, 0.25) is 10.0 Å². The van der Waals surface area contributed by atoms with Gasteiger partial charge >= 0.3 is 0 Å². The molecule has 1 saturated heterocycles. The number of rotatable bonds is 3. The van der Waals surface area contributed by atoms with E-state index in [1.165, 1.54) is 15.4 Å². The minimum atomic E-state index is -3.25. The Kier molecular flexibility index (Phi) is 4.96. The molecule has 0 radical (unpaired) electrons. The lowest BCUT2D eigenvalue weighted by Crippen LogP contribution is -2.34. The molecule has 6 heteroatoms. The van der Waals surface area contributed by atoms with Crippen LogP contribution in [0.2, 0.25) is 0 Å². The third-order valence-electron chi connectivity index (χ3n) is 6.61. The number of hydrogen-bond donors (Lipinski definition) is 1. The molecule has 2 aromatic carbocycles. The first-order chi connectivity index (χ1) is 14.0. The molecule has 1 heterocycles. The average molecular weight is 427 g/mol. The number of carbonyl (C=O) groups is 1. The van der Waals surface area contributed by atoms with E-state index >= 15 is 0 Å². The van der Waals surface area contributed by atoms with E-state index in [0.717, 1.165) is 12.8 Å². The van der Waals surface area contributed by atoms with E-state index in [-0.39, 0.29) is 22.5 Å². The molecule has 2 aliphatic rings. The number of hydrogen-bond acceptors (Lipinski definition) is 3. The van der Waals surface area contributed by atoms with Crippen molar-refractivity contribution in [1.82, 2.24) is 0 Å². The molecule has 1 N–H and O–H groups in total. The number of carbonyl (C=O) groups excluding carboxylic acids is 1. The molecule has 4 rings (SSSR count). The highest BCUT2D eigenvalue weighted by atomic mass is 32.2. The van der Waals surface area contributed by atoms with Crippen molar-refractivity contribution in [3.63, 3.8) is 0 Å². The summed E-state index contributed by atoms with van der Waals surface area (Å²) in [4.78, 5) is 13.0. The van der Waals surface area contributed by atoms with Crippen molar-refractivity contribution >= 4 is 27.3 Å². The first kappa shape index (κ1) is 20.9. The maximum absolute atomic E-state index is 13.0. The maximum Gasteiger partial charge on any atom is 0.255 e. The van der Waals surface area contributed by atoms with Gasteiger partial charge in [0.15, 0.2) is 0 Å². The summed E-state index contributed by atoms with van der Waals surface area (Å²) in [5.41, 5.74) is 4.51. The lowest BCUT2D eigenvalue weighted by molar-refractivity contribution is 0.102. The van der Waals surface area contributed by atoms with E-state index in [2.05, 4.69) is 39.1 Å². The van der Waals surface area contributed by atoms with Crippen molar-refractivity contribution in [1.29, 1.82) is 0 Å². The number of benzene rings is 2. The lowest BCUT2D eigenvalue weighted by Gasteiger charge is -2.42. The van der Waals surface area contributed by atoms with Crippen LogP contribution in [0.15, 0.2) is 42.5 Å². The first-order valence-corrected chi connectivity index (χ1v) is 12.2. The van der Waals surface area contributed by atoms with Crippen LogP contribution in [0.1, 0.15) is 68.4 Å². The molecule has 0 spiro atoms. The summed E-state index contributed by atoms with van der Waals surface area (Å²) in [5.74, 6) is -0.0106. The van der Waals surface area contributed by atoms with Crippen molar-refractivity contribution in [2.75, 3.05) is 21.9 Å². The van der Waals surface area contributed by atoms with Crippen molar-refractivity contribution < 1.29 is 13.2 Å². The summed E-state index contributed by atoms with van der Waals surface area (Å²) < 4.78 is 25.8. The molecule has 0 unspecified atom stereocenters. The number of nitrogens with one attached hydrogen (secondary N) is 1. The van der Waals surface area contributed by atoms with Crippen molar-refractivity contribution in [2.24, 2.45) is 0 Å². The normalized spacial score (nSPS) is 21.1. The van der Waals surface area contributed by atoms with E-state index in [9.17, 15) is 13.2 Å². The van der Waals surface area contributed by atoms with Crippen molar-refractivity contribution in [3.05, 3.63) is 59.2 Å². The Labute approximate surface area is 179 Å². The van der Waals surface area contributed by atoms with E-state index < -0.39 is 10.0 Å². The fourth-order valence-electron chi connectivity index (χ4n) is 4.60. The topological polar surface area (TPSA) is 66.5 Å². The molecular weight excluding hydrogens is 396 g/mol. The van der Waals surface area contributed by atoms with Gasteiger partial charge in [0.25, 0.3) is 5.91 Å². The van der Waals surface area contributed by atoms with Gasteiger partial charge in [-0.2, -0.15) is 0 Å². The lowest BCUT2D eigenvalue weighted by atomic mass is 9.63. The van der Waals surface area contributed by atoms with Gasteiger partial charge in [0.05, 0.1) is 11.4 Å². The zero-order chi connectivity index (χ0) is 21.7. The second-order valence-electron chi connectivity index (χ2n) is 9.77. The van der Waals surface area contributed by atoms with Crippen LogP contribution < -0.4 is 9.62 Å². The van der Waals surface area contributed by atoms with Gasteiger partial charge in [-0.05, 0) is 71.6 Å². The highest BCUT2D eigenvalue weighted by Crippen LogP contribution is 2.45. The van der Waals surface area contributed by atoms with E-state index in [1.54, 1.807) is 24.3 Å². The fourth-order valence-corrected chi connectivity index (χ4v) is 6.16. The summed E-state index contributed by atoms with van der Waals surface area (Å²) in [7, 11) is -3.25. The largest absolute Gasteiger partial charge is 0.322 e. The maximum atomic E-state index is 13.0. The quantitative estimate of drug-likeness (QED) is 0.765. The molecule has 1 amide bonds. The highest BCUT2D eigenvalue weighted by Gasteiger charge is 2.37. The molecule has 0 saturated carbocycles. The molecule has 0 aromatic heterocycles. The minimum Gasteiger partial charge on any atom is -0.322 e. The van der Waals surface area contributed by atoms with Gasteiger partial charge in [-0.15, -0.1) is 0 Å². The summed E-state index contributed by atoms with van der Waals surface area (Å²) in [6.07, 6.45) is 2.84. The van der Waals surface area contributed by atoms with Gasteiger partial charge < -0.3 is 5.32 Å². The third-order valence-corrected chi connectivity index (χ3v) is 8.48. The van der Waals surface area contributed by atoms with Crippen LogP contribution >= 0.6 is 0 Å². The predicted molar refractivity (Wildman–Crippen MR) is 122 cm³/mol. The molecule has 160 valence electrons. The summed E-state index contributed by atoms with van der Waals surface area (Å²) in [6, 6.07) is 13.1. The van der Waals surface area contributed by atoms with E-state index in [1.807, 2.05) is 12.1 Å². The molecule has 1 fully saturated rings. The molecular formula is C24H30N2O3S. The molecule has 2 aromatic rings. The Bertz CT molecular complexity index is 1100. The minimum absolute atomic E-state index is 0.0329. The Morgan fingerprint density at radius 1 is 0.967 bits per heavy atom. The van der Waals surface area contributed by atoms with Gasteiger partial charge in [0, 0.05) is 17.8 Å². The molecule has 1 aliphatic carbocycles. The molecule has 30 heavy (non-hydrogen) atoms. The Morgan fingerprint density at radius 2 is 1.67 bits per heavy atom. The van der Waals surface area contributed by atoms with Crippen LogP contribution in [0.3, 0.4) is 0 Å². The van der Waals surface area contributed by atoms with Gasteiger partial charge in [-0.3, -0.25) is 9.10 Å². The van der Waals surface area contributed by atoms with Crippen molar-refractivity contribution in [3.8, 4) is 0 Å². The molecule has 5 nitrogen and oxygen atoms in total. The van der Waals surface area contributed by atoms with Crippen LogP contribution in [-0.4, -0.2) is 26.6 Å². The van der Waals surface area contributed by atoms with Crippen LogP contribution in [0, 0.1) is 0 Å². The Morgan fingerprint density at radius 3 is 2.33 bits per heavy atom. The zero-order valence-corrected chi connectivity index (χ0v) is 19.0. The number of anilines is 2. The van der Waals surface area contributed by atoms with Crippen LogP contribution in [0.25, 0.3) is 0 Å². The summed E-state index contributed by atoms with van der Waals surface area (Å²) >= 11 is 0. The average Bonchev–Trinajstić information content (AvgIpc) is 3.04. The Hall–Kier alpha value is -2.34. The number of amides is 1. The van der Waals surface area contributed by atoms with Crippen LogP contribution in [0.4, 0.5) is 11.4 Å². The molecule has 0 atom stereocenters.